The number of carboxylic acids is 1. The molecule has 1 aliphatic heterocycles. The van der Waals surface area contributed by atoms with Gasteiger partial charge >= 0.3 is 5.97 Å². The van der Waals surface area contributed by atoms with Gasteiger partial charge in [0.1, 0.15) is 5.82 Å². The number of hydrogen-bond acceptors (Lipinski definition) is 6. The Morgan fingerprint density at radius 1 is 1.28 bits per heavy atom. The molecule has 3 heterocycles. The lowest BCUT2D eigenvalue weighted by Gasteiger charge is -2.14. The topological polar surface area (TPSA) is 112 Å². The average molecular weight is 341 g/mol. The van der Waals surface area contributed by atoms with E-state index in [1.165, 1.54) is 12.8 Å². The van der Waals surface area contributed by atoms with Gasteiger partial charge in [-0.25, -0.2) is 15.0 Å². The van der Waals surface area contributed by atoms with Gasteiger partial charge in [-0.3, -0.25) is 9.59 Å². The zero-order valence-electron chi connectivity index (χ0n) is 13.9. The van der Waals surface area contributed by atoms with Gasteiger partial charge in [-0.2, -0.15) is 0 Å². The van der Waals surface area contributed by atoms with Crippen LogP contribution in [0.25, 0.3) is 12.2 Å². The number of aliphatic carboxylic acids is 1. The Labute approximate surface area is 144 Å². The maximum atomic E-state index is 12.0. The smallest absolute Gasteiger partial charge is 0.308 e. The molecule has 0 radical (unpaired) electrons. The van der Waals surface area contributed by atoms with Crippen LogP contribution in [-0.4, -0.2) is 44.1 Å². The van der Waals surface area contributed by atoms with E-state index >= 15 is 0 Å². The van der Waals surface area contributed by atoms with Gasteiger partial charge in [0, 0.05) is 42.3 Å². The fourth-order valence-corrected chi connectivity index (χ4v) is 2.74. The van der Waals surface area contributed by atoms with Crippen LogP contribution in [0.2, 0.25) is 0 Å². The Morgan fingerprint density at radius 3 is 2.56 bits per heavy atom. The van der Waals surface area contributed by atoms with Gasteiger partial charge in [0.25, 0.3) is 5.56 Å². The second-order valence-corrected chi connectivity index (χ2v) is 5.93. The lowest BCUT2D eigenvalue weighted by molar-refractivity contribution is -0.136. The SMILES string of the molecule is Cc1nc(/C=C/c2cnc(N3CCCC3)nc2)[nH]c(=O)c1CC(=O)O. The quantitative estimate of drug-likeness (QED) is 0.842. The van der Waals surface area contributed by atoms with Crippen molar-refractivity contribution in [2.24, 2.45) is 0 Å². The Morgan fingerprint density at radius 2 is 1.96 bits per heavy atom. The van der Waals surface area contributed by atoms with E-state index in [1.807, 2.05) is 0 Å². The molecule has 8 nitrogen and oxygen atoms in total. The zero-order valence-corrected chi connectivity index (χ0v) is 13.9. The van der Waals surface area contributed by atoms with Crippen LogP contribution in [0.15, 0.2) is 17.2 Å². The normalized spacial score (nSPS) is 14.4. The fourth-order valence-electron chi connectivity index (χ4n) is 2.74. The molecule has 0 spiro atoms. The highest BCUT2D eigenvalue weighted by Gasteiger charge is 2.14. The second-order valence-electron chi connectivity index (χ2n) is 5.93. The van der Waals surface area contributed by atoms with Gasteiger partial charge in [-0.15, -0.1) is 0 Å². The van der Waals surface area contributed by atoms with E-state index in [4.69, 9.17) is 5.11 Å². The molecule has 0 unspecified atom stereocenters. The van der Waals surface area contributed by atoms with E-state index in [0.29, 0.717) is 11.5 Å². The number of carbonyl (C=O) groups is 1. The van der Waals surface area contributed by atoms with Crippen molar-refractivity contribution in [2.75, 3.05) is 18.0 Å². The highest BCUT2D eigenvalue weighted by molar-refractivity contribution is 5.70. The van der Waals surface area contributed by atoms with Gasteiger partial charge in [0.15, 0.2) is 0 Å². The number of aromatic amines is 1. The number of hydrogen-bond donors (Lipinski definition) is 2. The van der Waals surface area contributed by atoms with Crippen LogP contribution in [0.5, 0.6) is 0 Å². The summed E-state index contributed by atoms with van der Waals surface area (Å²) in [5, 5.41) is 8.83. The highest BCUT2D eigenvalue weighted by atomic mass is 16.4. The lowest BCUT2D eigenvalue weighted by Crippen LogP contribution is -2.20. The van der Waals surface area contributed by atoms with Crippen molar-refractivity contribution in [3.63, 3.8) is 0 Å². The maximum Gasteiger partial charge on any atom is 0.308 e. The second kappa shape index (κ2) is 7.25. The molecule has 0 atom stereocenters. The van der Waals surface area contributed by atoms with Gasteiger partial charge in [-0.1, -0.05) is 0 Å². The zero-order chi connectivity index (χ0) is 17.8. The van der Waals surface area contributed by atoms with E-state index in [1.54, 1.807) is 31.5 Å². The largest absolute Gasteiger partial charge is 0.481 e. The first-order valence-electron chi connectivity index (χ1n) is 8.09. The molecule has 0 aromatic carbocycles. The molecule has 1 fully saturated rings. The van der Waals surface area contributed by atoms with Crippen LogP contribution in [0, 0.1) is 6.92 Å². The summed E-state index contributed by atoms with van der Waals surface area (Å²) in [6.07, 6.45) is 8.84. The first-order chi connectivity index (χ1) is 12.0. The van der Waals surface area contributed by atoms with Crippen molar-refractivity contribution >= 4 is 24.1 Å². The molecule has 0 saturated carbocycles. The predicted molar refractivity (Wildman–Crippen MR) is 93.3 cm³/mol. The summed E-state index contributed by atoms with van der Waals surface area (Å²) in [5.74, 6) is 0.0317. The minimum Gasteiger partial charge on any atom is -0.481 e. The van der Waals surface area contributed by atoms with Crippen LogP contribution in [-0.2, 0) is 11.2 Å². The molecule has 2 aromatic rings. The average Bonchev–Trinajstić information content (AvgIpc) is 3.11. The van der Waals surface area contributed by atoms with Crippen LogP contribution < -0.4 is 10.5 Å². The van der Waals surface area contributed by atoms with Crippen LogP contribution >= 0.6 is 0 Å². The molecule has 0 amide bonds. The molecule has 2 aromatic heterocycles. The number of nitrogens with one attached hydrogen (secondary N) is 1. The van der Waals surface area contributed by atoms with Gasteiger partial charge < -0.3 is 15.0 Å². The van der Waals surface area contributed by atoms with Gasteiger partial charge in [0.05, 0.1) is 6.42 Å². The molecule has 1 aliphatic rings. The molecule has 130 valence electrons. The standard InChI is InChI=1S/C17H19N5O3/c1-11-13(8-15(23)24)16(25)21-14(20-11)5-4-12-9-18-17(19-10-12)22-6-2-3-7-22/h4-5,9-10H,2-3,6-8H2,1H3,(H,23,24)(H,20,21,25)/b5-4+. The van der Waals surface area contributed by atoms with Crippen molar-refractivity contribution in [1.29, 1.82) is 0 Å². The summed E-state index contributed by atoms with van der Waals surface area (Å²) in [7, 11) is 0. The molecule has 25 heavy (non-hydrogen) atoms. The number of carboxylic acid groups (broad SMARTS) is 1. The van der Waals surface area contributed by atoms with E-state index in [-0.39, 0.29) is 12.0 Å². The van der Waals surface area contributed by atoms with Crippen molar-refractivity contribution < 1.29 is 9.90 Å². The monoisotopic (exact) mass is 341 g/mol. The van der Waals surface area contributed by atoms with Gasteiger partial charge in [0.2, 0.25) is 5.95 Å². The number of nitrogens with zero attached hydrogens (tertiary/aromatic N) is 4. The first-order valence-corrected chi connectivity index (χ1v) is 8.09. The van der Waals surface area contributed by atoms with Crippen LogP contribution in [0.4, 0.5) is 5.95 Å². The van der Waals surface area contributed by atoms with E-state index in [2.05, 4.69) is 24.8 Å². The Kier molecular flexibility index (Phi) is 4.87. The number of anilines is 1. The number of aromatic nitrogens is 4. The third-order valence-electron chi connectivity index (χ3n) is 4.05. The third-order valence-corrected chi connectivity index (χ3v) is 4.05. The molecular weight excluding hydrogens is 322 g/mol. The van der Waals surface area contributed by atoms with Crippen molar-refractivity contribution in [3.05, 3.63) is 45.4 Å². The Hall–Kier alpha value is -3.03. The van der Waals surface area contributed by atoms with Crippen LogP contribution in [0.3, 0.4) is 0 Å². The summed E-state index contributed by atoms with van der Waals surface area (Å²) in [6, 6.07) is 0. The lowest BCUT2D eigenvalue weighted by atomic mass is 10.1. The maximum absolute atomic E-state index is 12.0. The molecule has 3 rings (SSSR count). The van der Waals surface area contributed by atoms with Crippen molar-refractivity contribution in [2.45, 2.75) is 26.2 Å². The van der Waals surface area contributed by atoms with E-state index in [0.717, 1.165) is 24.6 Å². The minimum atomic E-state index is -1.06. The van der Waals surface area contributed by atoms with Crippen molar-refractivity contribution in [3.8, 4) is 0 Å². The summed E-state index contributed by atoms with van der Waals surface area (Å²) in [6.45, 7) is 3.60. The predicted octanol–water partition coefficient (Wildman–Crippen LogP) is 1.27. The number of aryl methyl sites for hydroxylation is 1. The number of rotatable bonds is 5. The summed E-state index contributed by atoms with van der Waals surface area (Å²) in [4.78, 5) is 40.4. The molecule has 1 saturated heterocycles. The first kappa shape index (κ1) is 16.8. The van der Waals surface area contributed by atoms with E-state index < -0.39 is 11.5 Å². The van der Waals surface area contributed by atoms with Crippen molar-refractivity contribution in [1.82, 2.24) is 19.9 Å². The summed E-state index contributed by atoms with van der Waals surface area (Å²) >= 11 is 0. The molecule has 2 N–H and O–H groups in total. The van der Waals surface area contributed by atoms with E-state index in [9.17, 15) is 9.59 Å². The summed E-state index contributed by atoms with van der Waals surface area (Å²) < 4.78 is 0. The van der Waals surface area contributed by atoms with Gasteiger partial charge in [-0.05, 0) is 31.9 Å². The number of H-pyrrole nitrogens is 1. The Balaban J connectivity index is 1.75. The molecule has 8 heteroatoms. The third kappa shape index (κ3) is 4.09. The highest BCUT2D eigenvalue weighted by Crippen LogP contribution is 2.15. The summed E-state index contributed by atoms with van der Waals surface area (Å²) in [5.41, 5.74) is 0.933. The minimum absolute atomic E-state index is 0.169. The molecule has 0 bridgehead atoms. The Bertz CT molecular complexity index is 852. The fraction of sp³-hybridized carbons (Fsp3) is 0.353. The molecule has 0 aliphatic carbocycles. The molecular formula is C17H19N5O3. The van der Waals surface area contributed by atoms with Crippen LogP contribution in [0.1, 0.15) is 35.5 Å².